The lowest BCUT2D eigenvalue weighted by Gasteiger charge is -1.99. The molecule has 0 atom stereocenters. The molecule has 5 nitrogen and oxygen atoms in total. The van der Waals surface area contributed by atoms with Crippen molar-refractivity contribution in [3.63, 3.8) is 0 Å². The first-order chi connectivity index (χ1) is 5.66. The predicted octanol–water partition coefficient (Wildman–Crippen LogP) is -0.564. The zero-order valence-electron chi connectivity index (χ0n) is 6.90. The number of hydrogen-bond acceptors (Lipinski definition) is 5. The molecule has 0 heterocycles. The topological polar surface area (TPSA) is 92.8 Å². The minimum atomic E-state index is -1.24. The van der Waals surface area contributed by atoms with E-state index in [1.54, 1.807) is 0 Å². The van der Waals surface area contributed by atoms with Crippen LogP contribution in [0.3, 0.4) is 0 Å². The summed E-state index contributed by atoms with van der Waals surface area (Å²) in [5.41, 5.74) is 0. The van der Waals surface area contributed by atoms with Crippen LogP contribution in [0.25, 0.3) is 0 Å². The molecule has 0 amide bonds. The van der Waals surface area contributed by atoms with E-state index in [0.717, 1.165) is 6.42 Å². The van der Waals surface area contributed by atoms with Crippen molar-refractivity contribution in [2.24, 2.45) is 5.90 Å². The Kier molecular flexibility index (Phi) is 6.74. The fourth-order valence-electron chi connectivity index (χ4n) is 0.832. The third-order valence-corrected chi connectivity index (χ3v) is 1.47. The zero-order valence-corrected chi connectivity index (χ0v) is 6.90. The van der Waals surface area contributed by atoms with Gasteiger partial charge in [-0.05, 0) is 12.7 Å². The average molecular weight is 175 g/mol. The van der Waals surface area contributed by atoms with Gasteiger partial charge in [0, 0.05) is 6.42 Å². The smallest absolute Gasteiger partial charge is 0.427 e. The lowest BCUT2D eigenvalue weighted by atomic mass is 9.83. The molecule has 0 radical (unpaired) electrons. The van der Waals surface area contributed by atoms with Crippen LogP contribution in [-0.4, -0.2) is 23.1 Å². The van der Waals surface area contributed by atoms with Gasteiger partial charge >= 0.3 is 13.1 Å². The quantitative estimate of drug-likeness (QED) is 0.285. The maximum Gasteiger partial charge on any atom is 0.451 e. The largest absolute Gasteiger partial charge is 0.451 e. The summed E-state index contributed by atoms with van der Waals surface area (Å²) in [5, 5.41) is 16.9. The van der Waals surface area contributed by atoms with Gasteiger partial charge in [0.1, 0.15) is 0 Å². The summed E-state index contributed by atoms with van der Waals surface area (Å²) < 4.78 is 0. The van der Waals surface area contributed by atoms with Crippen LogP contribution in [0, 0.1) is 0 Å². The van der Waals surface area contributed by atoms with Gasteiger partial charge in [0.2, 0.25) is 0 Å². The van der Waals surface area contributed by atoms with E-state index in [1.807, 2.05) is 0 Å². The fourth-order valence-corrected chi connectivity index (χ4v) is 0.832. The molecule has 0 aliphatic heterocycles. The minimum absolute atomic E-state index is 0.290. The number of unbranched alkanes of at least 4 members (excludes halogenated alkanes) is 2. The molecule has 0 aliphatic carbocycles. The lowest BCUT2D eigenvalue weighted by molar-refractivity contribution is -0.144. The number of rotatable bonds is 6. The molecule has 0 fully saturated rings. The highest BCUT2D eigenvalue weighted by atomic mass is 16.7. The highest BCUT2D eigenvalue weighted by Gasteiger charge is 2.05. The molecule has 0 unspecified atom stereocenters. The predicted molar refractivity (Wildman–Crippen MR) is 43.7 cm³/mol. The summed E-state index contributed by atoms with van der Waals surface area (Å²) in [5.74, 6) is 4.17. The van der Waals surface area contributed by atoms with Gasteiger partial charge in [-0.25, -0.2) is 0 Å². The molecule has 0 bridgehead atoms. The molecule has 0 aromatic carbocycles. The van der Waals surface area contributed by atoms with Crippen molar-refractivity contribution in [2.75, 3.05) is 0 Å². The van der Waals surface area contributed by atoms with Gasteiger partial charge in [0.25, 0.3) is 0 Å². The number of carbonyl (C=O) groups is 1. The Morgan fingerprint density at radius 3 is 2.50 bits per heavy atom. The van der Waals surface area contributed by atoms with Crippen molar-refractivity contribution in [3.05, 3.63) is 0 Å². The summed E-state index contributed by atoms with van der Waals surface area (Å²) in [4.78, 5) is 14.4. The van der Waals surface area contributed by atoms with E-state index in [1.165, 1.54) is 0 Å². The van der Waals surface area contributed by atoms with Crippen molar-refractivity contribution in [1.82, 2.24) is 0 Å². The summed E-state index contributed by atoms with van der Waals surface area (Å²) in [6.07, 6.45) is 2.76. The summed E-state index contributed by atoms with van der Waals surface area (Å²) >= 11 is 0. The van der Waals surface area contributed by atoms with Crippen molar-refractivity contribution in [2.45, 2.75) is 32.0 Å². The molecular weight excluding hydrogens is 161 g/mol. The van der Waals surface area contributed by atoms with Gasteiger partial charge in [-0.2, -0.15) is 5.90 Å². The van der Waals surface area contributed by atoms with E-state index >= 15 is 0 Å². The molecule has 6 heteroatoms. The van der Waals surface area contributed by atoms with Crippen LogP contribution in [0.5, 0.6) is 0 Å². The highest BCUT2D eigenvalue weighted by molar-refractivity contribution is 6.40. The maximum absolute atomic E-state index is 10.5. The average Bonchev–Trinajstić information content (AvgIpc) is 2.03. The van der Waals surface area contributed by atoms with Crippen molar-refractivity contribution in [3.8, 4) is 0 Å². The van der Waals surface area contributed by atoms with Gasteiger partial charge in [0.05, 0.1) is 0 Å². The molecule has 12 heavy (non-hydrogen) atoms. The SMILES string of the molecule is NOC(=O)CCCCCB(O)O. The van der Waals surface area contributed by atoms with E-state index in [9.17, 15) is 4.79 Å². The Balaban J connectivity index is 3.05. The zero-order chi connectivity index (χ0) is 9.40. The summed E-state index contributed by atoms with van der Waals surface area (Å²) in [6.45, 7) is 0. The number of hydrogen-bond donors (Lipinski definition) is 3. The second-order valence-corrected chi connectivity index (χ2v) is 2.57. The van der Waals surface area contributed by atoms with E-state index in [0.29, 0.717) is 19.2 Å². The first-order valence-electron chi connectivity index (χ1n) is 3.92. The first-order valence-corrected chi connectivity index (χ1v) is 3.92. The third-order valence-electron chi connectivity index (χ3n) is 1.47. The minimum Gasteiger partial charge on any atom is -0.427 e. The highest BCUT2D eigenvalue weighted by Crippen LogP contribution is 2.04. The first kappa shape index (κ1) is 11.4. The van der Waals surface area contributed by atoms with Crippen molar-refractivity contribution in [1.29, 1.82) is 0 Å². The fraction of sp³-hybridized carbons (Fsp3) is 0.833. The normalized spacial score (nSPS) is 9.58. The second-order valence-electron chi connectivity index (χ2n) is 2.57. The number of nitrogens with two attached hydrogens (primary N) is 1. The van der Waals surface area contributed by atoms with Gasteiger partial charge in [-0.3, -0.25) is 4.79 Å². The second kappa shape index (κ2) is 7.09. The van der Waals surface area contributed by atoms with Gasteiger partial charge in [-0.1, -0.05) is 12.8 Å². The van der Waals surface area contributed by atoms with E-state index in [4.69, 9.17) is 10.0 Å². The third kappa shape index (κ3) is 7.52. The van der Waals surface area contributed by atoms with Crippen LogP contribution in [0.1, 0.15) is 25.7 Å². The van der Waals surface area contributed by atoms with Gasteiger partial charge < -0.3 is 14.9 Å². The molecule has 0 spiro atoms. The Morgan fingerprint density at radius 2 is 2.00 bits per heavy atom. The molecule has 0 saturated carbocycles. The van der Waals surface area contributed by atoms with Crippen LogP contribution in [0.2, 0.25) is 6.32 Å². The van der Waals surface area contributed by atoms with Crippen LogP contribution in [0.4, 0.5) is 0 Å². The molecule has 0 aromatic heterocycles. The Morgan fingerprint density at radius 1 is 1.33 bits per heavy atom. The van der Waals surface area contributed by atoms with E-state index < -0.39 is 13.1 Å². The van der Waals surface area contributed by atoms with Crippen LogP contribution in [-0.2, 0) is 9.63 Å². The molecule has 0 rings (SSSR count). The van der Waals surface area contributed by atoms with Gasteiger partial charge in [0.15, 0.2) is 0 Å². The molecule has 4 N–H and O–H groups in total. The molecule has 0 aromatic rings. The van der Waals surface area contributed by atoms with Crippen molar-refractivity contribution >= 4 is 13.1 Å². The molecule has 0 saturated heterocycles. The van der Waals surface area contributed by atoms with Gasteiger partial charge in [-0.15, -0.1) is 0 Å². The lowest BCUT2D eigenvalue weighted by Crippen LogP contribution is -2.10. The van der Waals surface area contributed by atoms with E-state index in [-0.39, 0.29) is 6.42 Å². The summed E-state index contributed by atoms with van der Waals surface area (Å²) in [7, 11) is -1.24. The Hall–Kier alpha value is -0.585. The maximum atomic E-state index is 10.5. The standard InChI is InChI=1S/C6H14BNO4/c8-12-6(9)4-2-1-3-5-7(10)11/h10-11H,1-5,8H2. The Labute approximate surface area is 71.6 Å². The Bertz CT molecular complexity index is 131. The monoisotopic (exact) mass is 175 g/mol. The molecule has 70 valence electrons. The van der Waals surface area contributed by atoms with Crippen LogP contribution < -0.4 is 5.90 Å². The van der Waals surface area contributed by atoms with Crippen LogP contribution >= 0.6 is 0 Å². The molecular formula is C6H14BNO4. The van der Waals surface area contributed by atoms with E-state index in [2.05, 4.69) is 10.7 Å². The van der Waals surface area contributed by atoms with Crippen molar-refractivity contribution < 1.29 is 19.7 Å². The number of carbonyl (C=O) groups excluding carboxylic acids is 1. The molecule has 0 aliphatic rings. The summed E-state index contributed by atoms with van der Waals surface area (Å²) in [6, 6.07) is 0. The van der Waals surface area contributed by atoms with Crippen LogP contribution in [0.15, 0.2) is 0 Å².